The van der Waals surface area contributed by atoms with Gasteiger partial charge in [-0.1, -0.05) is 0 Å². The zero-order valence-corrected chi connectivity index (χ0v) is 13.0. The molecule has 2 rings (SSSR count). The van der Waals surface area contributed by atoms with Crippen LogP contribution in [-0.2, 0) is 0 Å². The van der Waals surface area contributed by atoms with E-state index in [0.717, 1.165) is 19.4 Å². The Kier molecular flexibility index (Phi) is 4.95. The maximum absolute atomic E-state index is 10.8. The van der Waals surface area contributed by atoms with Gasteiger partial charge in [0.2, 0.25) is 0 Å². The van der Waals surface area contributed by atoms with Gasteiger partial charge in [0.25, 0.3) is 5.69 Å². The Hall–Kier alpha value is -1.89. The first kappa shape index (κ1) is 15.5. The monoisotopic (exact) mass is 309 g/mol. The summed E-state index contributed by atoms with van der Waals surface area (Å²) in [6.45, 7) is 3.09. The van der Waals surface area contributed by atoms with Gasteiger partial charge in [0, 0.05) is 18.7 Å². The molecule has 0 aliphatic carbocycles. The minimum atomic E-state index is -0.447. The first-order valence-corrected chi connectivity index (χ1v) is 7.34. The van der Waals surface area contributed by atoms with Crippen LogP contribution in [-0.4, -0.2) is 34.6 Å². The average molecular weight is 309 g/mol. The first-order valence-electron chi connectivity index (χ1n) is 6.93. The normalized spacial score (nSPS) is 18.2. The quantitative estimate of drug-likeness (QED) is 0.525. The number of nitrogens with one attached hydrogen (secondary N) is 1. The molecule has 1 aromatic rings. The minimum absolute atomic E-state index is 0.00495. The van der Waals surface area contributed by atoms with Crippen LogP contribution in [0.2, 0.25) is 0 Å². The van der Waals surface area contributed by atoms with E-state index >= 15 is 0 Å². The topological polar surface area (TPSA) is 67.6 Å². The van der Waals surface area contributed by atoms with Crippen LogP contribution in [0.1, 0.15) is 26.2 Å². The lowest BCUT2D eigenvalue weighted by atomic mass is 10.0. The Morgan fingerprint density at radius 3 is 2.90 bits per heavy atom. The van der Waals surface area contributed by atoms with Gasteiger partial charge < -0.3 is 15.0 Å². The van der Waals surface area contributed by atoms with Crippen molar-refractivity contribution in [2.45, 2.75) is 32.2 Å². The van der Waals surface area contributed by atoms with E-state index in [1.807, 2.05) is 0 Å². The van der Waals surface area contributed by atoms with Crippen LogP contribution in [0.5, 0.6) is 5.75 Å². The standard InChI is InChI=1S/C14H19N3O3S/c1-10-5-3-4-8-16(10)14(21)15-12-7-6-11(17(18)19)9-13(12)20-2/h6-7,9-10H,3-5,8H2,1-2H3,(H,15,21). The Labute approximate surface area is 129 Å². The molecule has 1 saturated heterocycles. The fourth-order valence-corrected chi connectivity index (χ4v) is 2.86. The van der Waals surface area contributed by atoms with Crippen molar-refractivity contribution in [3.05, 3.63) is 28.3 Å². The predicted octanol–water partition coefficient (Wildman–Crippen LogP) is 3.17. The number of non-ortho nitro benzene ring substituents is 1. The fourth-order valence-electron chi connectivity index (χ4n) is 2.48. The number of rotatable bonds is 3. The van der Waals surface area contributed by atoms with Gasteiger partial charge >= 0.3 is 0 Å². The number of methoxy groups -OCH3 is 1. The van der Waals surface area contributed by atoms with E-state index in [9.17, 15) is 10.1 Å². The molecule has 1 N–H and O–H groups in total. The Bertz CT molecular complexity index is 550. The second-order valence-electron chi connectivity index (χ2n) is 5.11. The van der Waals surface area contributed by atoms with Crippen molar-refractivity contribution in [3.8, 4) is 5.75 Å². The summed E-state index contributed by atoms with van der Waals surface area (Å²) >= 11 is 5.45. The molecular weight excluding hydrogens is 290 g/mol. The maximum atomic E-state index is 10.8. The summed E-state index contributed by atoms with van der Waals surface area (Å²) in [7, 11) is 1.48. The number of hydrogen-bond acceptors (Lipinski definition) is 4. The zero-order chi connectivity index (χ0) is 15.4. The smallest absolute Gasteiger partial charge is 0.273 e. The minimum Gasteiger partial charge on any atom is -0.494 e. The van der Waals surface area contributed by atoms with Crippen LogP contribution in [0.3, 0.4) is 0 Å². The molecule has 1 aliphatic heterocycles. The molecule has 1 unspecified atom stereocenters. The highest BCUT2D eigenvalue weighted by atomic mass is 32.1. The van der Waals surface area contributed by atoms with Gasteiger partial charge in [-0.3, -0.25) is 10.1 Å². The molecule has 1 fully saturated rings. The lowest BCUT2D eigenvalue weighted by Crippen LogP contribution is -2.44. The highest BCUT2D eigenvalue weighted by molar-refractivity contribution is 7.80. The largest absolute Gasteiger partial charge is 0.494 e. The molecule has 114 valence electrons. The second-order valence-corrected chi connectivity index (χ2v) is 5.50. The van der Waals surface area contributed by atoms with Crippen LogP contribution in [0.25, 0.3) is 0 Å². The molecule has 7 heteroatoms. The predicted molar refractivity (Wildman–Crippen MR) is 85.9 cm³/mol. The van der Waals surface area contributed by atoms with Crippen molar-refractivity contribution in [1.82, 2.24) is 4.90 Å². The number of benzene rings is 1. The van der Waals surface area contributed by atoms with Crippen LogP contribution < -0.4 is 10.1 Å². The molecule has 6 nitrogen and oxygen atoms in total. The van der Waals surface area contributed by atoms with E-state index in [2.05, 4.69) is 17.1 Å². The van der Waals surface area contributed by atoms with Crippen molar-refractivity contribution in [1.29, 1.82) is 0 Å². The van der Waals surface area contributed by atoms with Gasteiger partial charge in [-0.25, -0.2) is 0 Å². The third kappa shape index (κ3) is 3.60. The summed E-state index contributed by atoms with van der Waals surface area (Å²) in [5.74, 6) is 0.413. The van der Waals surface area contributed by atoms with Crippen molar-refractivity contribution in [2.24, 2.45) is 0 Å². The molecular formula is C14H19N3O3S. The molecule has 1 heterocycles. The highest BCUT2D eigenvalue weighted by Gasteiger charge is 2.21. The van der Waals surface area contributed by atoms with E-state index in [-0.39, 0.29) is 5.69 Å². The molecule has 1 aromatic carbocycles. The number of ether oxygens (including phenoxy) is 1. The van der Waals surface area contributed by atoms with Gasteiger partial charge in [0.15, 0.2) is 5.11 Å². The van der Waals surface area contributed by atoms with Crippen LogP contribution in [0, 0.1) is 10.1 Å². The fraction of sp³-hybridized carbons (Fsp3) is 0.500. The number of piperidine rings is 1. The zero-order valence-electron chi connectivity index (χ0n) is 12.2. The Morgan fingerprint density at radius 2 is 2.29 bits per heavy atom. The summed E-state index contributed by atoms with van der Waals surface area (Å²) in [5, 5.41) is 14.6. The molecule has 0 amide bonds. The summed E-state index contributed by atoms with van der Waals surface area (Å²) in [4.78, 5) is 12.5. The van der Waals surface area contributed by atoms with E-state index in [1.165, 1.54) is 25.7 Å². The number of likely N-dealkylation sites (tertiary alicyclic amines) is 1. The second kappa shape index (κ2) is 6.71. The summed E-state index contributed by atoms with van der Waals surface area (Å²) < 4.78 is 5.21. The number of nitrogens with zero attached hydrogens (tertiary/aromatic N) is 2. The van der Waals surface area contributed by atoms with Crippen molar-refractivity contribution < 1.29 is 9.66 Å². The third-order valence-electron chi connectivity index (χ3n) is 3.70. The van der Waals surface area contributed by atoms with Crippen molar-refractivity contribution in [3.63, 3.8) is 0 Å². The SMILES string of the molecule is COc1cc([N+](=O)[O-])ccc1NC(=S)N1CCCCC1C. The maximum Gasteiger partial charge on any atom is 0.273 e. The molecule has 0 aromatic heterocycles. The van der Waals surface area contributed by atoms with E-state index in [0.29, 0.717) is 22.6 Å². The van der Waals surface area contributed by atoms with E-state index < -0.39 is 4.92 Å². The summed E-state index contributed by atoms with van der Waals surface area (Å²) in [5.41, 5.74) is 0.639. The van der Waals surface area contributed by atoms with Gasteiger partial charge in [-0.15, -0.1) is 0 Å². The lowest BCUT2D eigenvalue weighted by molar-refractivity contribution is -0.384. The molecule has 0 saturated carbocycles. The van der Waals surface area contributed by atoms with Crippen molar-refractivity contribution in [2.75, 3.05) is 19.0 Å². The van der Waals surface area contributed by atoms with E-state index in [4.69, 9.17) is 17.0 Å². The first-order chi connectivity index (χ1) is 10.0. The van der Waals surface area contributed by atoms with Gasteiger partial charge in [-0.05, 0) is 44.5 Å². The number of nitro groups is 1. The Balaban J connectivity index is 2.14. The molecule has 0 bridgehead atoms. The number of thiocarbonyl (C=S) groups is 1. The van der Waals surface area contributed by atoms with Crippen LogP contribution in [0.15, 0.2) is 18.2 Å². The number of hydrogen-bond donors (Lipinski definition) is 1. The molecule has 1 aliphatic rings. The highest BCUT2D eigenvalue weighted by Crippen LogP contribution is 2.29. The molecule has 1 atom stereocenters. The molecule has 0 spiro atoms. The number of nitro benzene ring substituents is 1. The summed E-state index contributed by atoms with van der Waals surface area (Å²) in [6.07, 6.45) is 3.48. The average Bonchev–Trinajstić information content (AvgIpc) is 2.47. The third-order valence-corrected chi connectivity index (χ3v) is 4.04. The van der Waals surface area contributed by atoms with Gasteiger partial charge in [0.05, 0.1) is 23.8 Å². The van der Waals surface area contributed by atoms with Crippen LogP contribution >= 0.6 is 12.2 Å². The van der Waals surface area contributed by atoms with E-state index in [1.54, 1.807) is 6.07 Å². The van der Waals surface area contributed by atoms with Crippen molar-refractivity contribution >= 4 is 28.7 Å². The molecule has 21 heavy (non-hydrogen) atoms. The van der Waals surface area contributed by atoms with Gasteiger partial charge in [0.1, 0.15) is 5.75 Å². The Morgan fingerprint density at radius 1 is 1.52 bits per heavy atom. The van der Waals surface area contributed by atoms with Gasteiger partial charge in [-0.2, -0.15) is 0 Å². The molecule has 0 radical (unpaired) electrons. The number of anilines is 1. The lowest BCUT2D eigenvalue weighted by Gasteiger charge is -2.35. The summed E-state index contributed by atoms with van der Waals surface area (Å²) in [6, 6.07) is 4.86. The van der Waals surface area contributed by atoms with Crippen LogP contribution in [0.4, 0.5) is 11.4 Å².